The molecule has 0 fully saturated rings. The Hall–Kier alpha value is -3.69. The number of nitro groups is 1. The summed E-state index contributed by atoms with van der Waals surface area (Å²) in [5.41, 5.74) is 2.90. The van der Waals surface area contributed by atoms with Gasteiger partial charge >= 0.3 is 6.18 Å². The Morgan fingerprint density at radius 2 is 1.85 bits per heavy atom. The van der Waals surface area contributed by atoms with Crippen LogP contribution in [0.25, 0.3) is 10.9 Å². The van der Waals surface area contributed by atoms with Gasteiger partial charge in [0.25, 0.3) is 11.6 Å². The molecular formula is C17H11F3N4O3. The van der Waals surface area contributed by atoms with E-state index in [2.05, 4.69) is 15.8 Å². The van der Waals surface area contributed by atoms with Crippen LogP contribution in [-0.2, 0) is 6.18 Å². The van der Waals surface area contributed by atoms with Crippen molar-refractivity contribution in [3.8, 4) is 0 Å². The zero-order valence-corrected chi connectivity index (χ0v) is 13.4. The number of nitro benzene ring substituents is 1. The molecule has 0 bridgehead atoms. The molecule has 0 aliphatic heterocycles. The minimum Gasteiger partial charge on any atom is -0.292 e. The van der Waals surface area contributed by atoms with Gasteiger partial charge in [-0.2, -0.15) is 13.2 Å². The normalized spacial score (nSPS) is 11.2. The zero-order valence-electron chi connectivity index (χ0n) is 13.4. The van der Waals surface area contributed by atoms with Gasteiger partial charge in [-0.1, -0.05) is 18.2 Å². The average Bonchev–Trinajstić information content (AvgIpc) is 2.64. The van der Waals surface area contributed by atoms with Crippen molar-refractivity contribution < 1.29 is 22.9 Å². The van der Waals surface area contributed by atoms with Gasteiger partial charge in [0.2, 0.25) is 0 Å². The van der Waals surface area contributed by atoms with Crippen molar-refractivity contribution in [2.75, 3.05) is 5.43 Å². The molecule has 0 spiro atoms. The summed E-state index contributed by atoms with van der Waals surface area (Å²) in [4.78, 5) is 26.6. The Morgan fingerprint density at radius 3 is 2.56 bits per heavy atom. The first-order chi connectivity index (χ1) is 12.8. The van der Waals surface area contributed by atoms with Crippen LogP contribution in [0.1, 0.15) is 15.9 Å². The van der Waals surface area contributed by atoms with Crippen molar-refractivity contribution in [1.82, 2.24) is 10.4 Å². The molecule has 0 unspecified atom stereocenters. The summed E-state index contributed by atoms with van der Waals surface area (Å²) in [5, 5.41) is 11.8. The largest absolute Gasteiger partial charge is 0.416 e. The first-order valence-electron chi connectivity index (χ1n) is 7.53. The second kappa shape index (κ2) is 6.90. The van der Waals surface area contributed by atoms with Crippen molar-refractivity contribution in [3.05, 3.63) is 76.0 Å². The number of amides is 1. The van der Waals surface area contributed by atoms with Crippen LogP contribution in [0.3, 0.4) is 0 Å². The summed E-state index contributed by atoms with van der Waals surface area (Å²) >= 11 is 0. The van der Waals surface area contributed by atoms with Crippen LogP contribution in [0.4, 0.5) is 24.5 Å². The van der Waals surface area contributed by atoms with E-state index in [1.807, 2.05) is 0 Å². The maximum absolute atomic E-state index is 12.7. The molecule has 2 aromatic carbocycles. The lowest BCUT2D eigenvalue weighted by Gasteiger charge is -2.12. The number of hydrazine groups is 1. The molecule has 3 rings (SSSR count). The number of anilines is 1. The topological polar surface area (TPSA) is 97.2 Å². The molecule has 0 aliphatic carbocycles. The lowest BCUT2D eigenvalue weighted by Crippen LogP contribution is -2.30. The molecule has 10 heteroatoms. The van der Waals surface area contributed by atoms with Crippen molar-refractivity contribution >= 4 is 28.2 Å². The van der Waals surface area contributed by atoms with E-state index in [1.54, 1.807) is 24.3 Å². The van der Waals surface area contributed by atoms with Gasteiger partial charge in [0.1, 0.15) is 5.69 Å². The molecule has 0 atom stereocenters. The summed E-state index contributed by atoms with van der Waals surface area (Å²) in [5.74, 6) is -0.645. The monoisotopic (exact) mass is 376 g/mol. The lowest BCUT2D eigenvalue weighted by atomic mass is 10.1. The molecule has 27 heavy (non-hydrogen) atoms. The summed E-state index contributed by atoms with van der Waals surface area (Å²) in [6, 6.07) is 10.3. The molecule has 0 saturated carbocycles. The van der Waals surface area contributed by atoms with Crippen molar-refractivity contribution in [2.24, 2.45) is 0 Å². The van der Waals surface area contributed by atoms with E-state index < -0.39 is 28.3 Å². The third-order valence-corrected chi connectivity index (χ3v) is 3.71. The maximum atomic E-state index is 12.7. The number of alkyl halides is 3. The number of aromatic nitrogens is 1. The summed E-state index contributed by atoms with van der Waals surface area (Å²) < 4.78 is 38.2. The number of carbonyl (C=O) groups is 1. The van der Waals surface area contributed by atoms with Gasteiger partial charge in [-0.05, 0) is 24.3 Å². The molecule has 7 nitrogen and oxygen atoms in total. The number of hydrogen-bond acceptors (Lipinski definition) is 5. The fourth-order valence-electron chi connectivity index (χ4n) is 2.44. The number of fused-ring (bicyclic) bond motifs is 1. The Balaban J connectivity index is 1.86. The highest BCUT2D eigenvalue weighted by atomic mass is 19.4. The predicted molar refractivity (Wildman–Crippen MR) is 90.9 cm³/mol. The number of rotatable bonds is 4. The highest BCUT2D eigenvalue weighted by Crippen LogP contribution is 2.34. The van der Waals surface area contributed by atoms with E-state index >= 15 is 0 Å². The number of halogens is 3. The van der Waals surface area contributed by atoms with Crippen LogP contribution < -0.4 is 10.9 Å². The third kappa shape index (κ3) is 3.78. The minimum absolute atomic E-state index is 0.204. The van der Waals surface area contributed by atoms with E-state index in [1.165, 1.54) is 12.3 Å². The number of pyridine rings is 1. The summed E-state index contributed by atoms with van der Waals surface area (Å²) in [6.45, 7) is 0. The zero-order chi connectivity index (χ0) is 19.6. The summed E-state index contributed by atoms with van der Waals surface area (Å²) in [7, 11) is 0. The van der Waals surface area contributed by atoms with Crippen LogP contribution in [0, 0.1) is 10.1 Å². The first kappa shape index (κ1) is 18.1. The number of para-hydroxylation sites is 1. The molecule has 0 radical (unpaired) electrons. The SMILES string of the molecule is O=C(NNc1ccc(C(F)(F)F)cc1[N+](=O)[O-])c1cccc2cccnc12. The third-order valence-electron chi connectivity index (χ3n) is 3.71. The molecule has 2 N–H and O–H groups in total. The van der Waals surface area contributed by atoms with Gasteiger partial charge in [0, 0.05) is 17.6 Å². The number of carbonyl (C=O) groups excluding carboxylic acids is 1. The van der Waals surface area contributed by atoms with Crippen LogP contribution in [-0.4, -0.2) is 15.8 Å². The number of nitrogens with zero attached hydrogens (tertiary/aromatic N) is 2. The number of hydrogen-bond donors (Lipinski definition) is 2. The molecule has 138 valence electrons. The van der Waals surface area contributed by atoms with Gasteiger partial charge in [-0.3, -0.25) is 30.7 Å². The van der Waals surface area contributed by atoms with Crippen molar-refractivity contribution in [2.45, 2.75) is 6.18 Å². The average molecular weight is 376 g/mol. The van der Waals surface area contributed by atoms with E-state index in [-0.39, 0.29) is 11.3 Å². The van der Waals surface area contributed by atoms with E-state index in [4.69, 9.17) is 0 Å². The summed E-state index contributed by atoms with van der Waals surface area (Å²) in [6.07, 6.45) is -3.21. The van der Waals surface area contributed by atoms with Gasteiger partial charge in [-0.15, -0.1) is 0 Å². The smallest absolute Gasteiger partial charge is 0.292 e. The second-order valence-corrected chi connectivity index (χ2v) is 5.45. The van der Waals surface area contributed by atoms with E-state index in [9.17, 15) is 28.1 Å². The van der Waals surface area contributed by atoms with Crippen molar-refractivity contribution in [3.63, 3.8) is 0 Å². The number of benzene rings is 2. The Labute approximate surface area is 150 Å². The fraction of sp³-hybridized carbons (Fsp3) is 0.0588. The van der Waals surface area contributed by atoms with Gasteiger partial charge in [0.05, 0.1) is 21.6 Å². The molecule has 1 aromatic heterocycles. The predicted octanol–water partition coefficient (Wildman–Crippen LogP) is 3.92. The molecule has 3 aromatic rings. The van der Waals surface area contributed by atoms with Gasteiger partial charge in [0.15, 0.2) is 0 Å². The Kier molecular flexibility index (Phi) is 4.63. The quantitative estimate of drug-likeness (QED) is 0.531. The minimum atomic E-state index is -4.72. The first-order valence-corrected chi connectivity index (χ1v) is 7.53. The molecule has 1 heterocycles. The van der Waals surface area contributed by atoms with E-state index in [0.717, 1.165) is 6.07 Å². The Morgan fingerprint density at radius 1 is 1.11 bits per heavy atom. The van der Waals surface area contributed by atoms with Crippen LogP contribution >= 0.6 is 0 Å². The van der Waals surface area contributed by atoms with Crippen LogP contribution in [0.5, 0.6) is 0 Å². The lowest BCUT2D eigenvalue weighted by molar-refractivity contribution is -0.384. The maximum Gasteiger partial charge on any atom is 0.416 e. The van der Waals surface area contributed by atoms with Crippen molar-refractivity contribution in [1.29, 1.82) is 0 Å². The van der Waals surface area contributed by atoms with Gasteiger partial charge < -0.3 is 0 Å². The highest BCUT2D eigenvalue weighted by Gasteiger charge is 2.33. The fourth-order valence-corrected chi connectivity index (χ4v) is 2.44. The van der Waals surface area contributed by atoms with Crippen LogP contribution in [0.2, 0.25) is 0 Å². The highest BCUT2D eigenvalue weighted by molar-refractivity contribution is 6.05. The molecule has 0 aliphatic rings. The number of nitrogens with one attached hydrogen (secondary N) is 2. The Bertz CT molecular complexity index is 1030. The second-order valence-electron chi connectivity index (χ2n) is 5.45. The molecule has 0 saturated heterocycles. The standard InChI is InChI=1S/C17H11F3N4O3/c18-17(19,20)11-6-7-13(14(9-11)24(26)27)22-23-16(25)12-5-1-3-10-4-2-8-21-15(10)12/h1-9,22H,(H,23,25). The molecular weight excluding hydrogens is 365 g/mol. The van der Waals surface area contributed by atoms with Gasteiger partial charge in [-0.25, -0.2) is 0 Å². The van der Waals surface area contributed by atoms with E-state index in [0.29, 0.717) is 23.0 Å². The van der Waals surface area contributed by atoms with Crippen LogP contribution in [0.15, 0.2) is 54.7 Å². The molecule has 1 amide bonds.